The van der Waals surface area contributed by atoms with Crippen molar-refractivity contribution in [2.24, 2.45) is 13.0 Å². The Kier molecular flexibility index (Phi) is 7.44. The predicted octanol–water partition coefficient (Wildman–Crippen LogP) is 2.39. The average Bonchev–Trinajstić information content (AvgIpc) is 3.02. The number of rotatable bonds is 7. The van der Waals surface area contributed by atoms with E-state index in [1.54, 1.807) is 9.58 Å². The highest BCUT2D eigenvalue weighted by molar-refractivity contribution is 5.92. The highest BCUT2D eigenvalue weighted by Gasteiger charge is 2.27. The van der Waals surface area contributed by atoms with Gasteiger partial charge in [-0.15, -0.1) is 0 Å². The van der Waals surface area contributed by atoms with E-state index in [1.807, 2.05) is 51.2 Å². The van der Waals surface area contributed by atoms with Gasteiger partial charge < -0.3 is 15.0 Å². The molecule has 3 rings (SSSR count). The highest BCUT2D eigenvalue weighted by Crippen LogP contribution is 2.20. The molecule has 8 nitrogen and oxygen atoms in total. The number of benzene rings is 1. The number of aromatic nitrogens is 2. The van der Waals surface area contributed by atoms with E-state index in [9.17, 15) is 14.4 Å². The summed E-state index contributed by atoms with van der Waals surface area (Å²) in [5, 5.41) is 7.26. The van der Waals surface area contributed by atoms with Gasteiger partial charge in [-0.3, -0.25) is 19.1 Å². The number of carbonyl (C=O) groups excluding carboxylic acids is 3. The summed E-state index contributed by atoms with van der Waals surface area (Å²) >= 11 is 0. The largest absolute Gasteiger partial charge is 0.456 e. The van der Waals surface area contributed by atoms with Crippen LogP contribution in [0.2, 0.25) is 0 Å². The second kappa shape index (κ2) is 10.2. The molecule has 1 aliphatic heterocycles. The summed E-state index contributed by atoms with van der Waals surface area (Å²) in [5.74, 6) is -0.763. The lowest BCUT2D eigenvalue weighted by Crippen LogP contribution is -2.43. The Hall–Kier alpha value is -3.16. The minimum Gasteiger partial charge on any atom is -0.456 e. The van der Waals surface area contributed by atoms with Crippen LogP contribution in [0, 0.1) is 19.8 Å². The second-order valence-electron chi connectivity index (χ2n) is 7.94. The minimum absolute atomic E-state index is 0.0225. The quantitative estimate of drug-likeness (QED) is 0.686. The zero-order chi connectivity index (χ0) is 22.4. The zero-order valence-electron chi connectivity index (χ0n) is 18.4. The number of anilines is 1. The first-order valence-corrected chi connectivity index (χ1v) is 10.6. The van der Waals surface area contributed by atoms with E-state index in [2.05, 4.69) is 10.4 Å². The molecular weight excluding hydrogens is 396 g/mol. The SMILES string of the molecule is Cc1nn(C)c(C)c1CCC(=O)OCC(=O)N1CCC(C(=O)Nc2ccccc2)CC1. The van der Waals surface area contributed by atoms with Gasteiger partial charge in [0.15, 0.2) is 6.61 Å². The first-order valence-electron chi connectivity index (χ1n) is 10.6. The molecule has 0 radical (unpaired) electrons. The molecule has 1 aromatic heterocycles. The Morgan fingerprint density at radius 3 is 2.42 bits per heavy atom. The van der Waals surface area contributed by atoms with Gasteiger partial charge >= 0.3 is 5.97 Å². The number of ether oxygens (including phenoxy) is 1. The molecule has 0 atom stereocenters. The molecule has 1 fully saturated rings. The Balaban J connectivity index is 1.37. The molecule has 1 N–H and O–H groups in total. The Morgan fingerprint density at radius 2 is 1.81 bits per heavy atom. The van der Waals surface area contributed by atoms with Crippen LogP contribution in [0.4, 0.5) is 5.69 Å². The molecule has 0 unspecified atom stereocenters. The van der Waals surface area contributed by atoms with Crippen molar-refractivity contribution in [3.8, 4) is 0 Å². The molecule has 2 heterocycles. The molecule has 0 bridgehead atoms. The number of amides is 2. The van der Waals surface area contributed by atoms with Gasteiger partial charge in [0.1, 0.15) is 0 Å². The molecule has 1 aromatic carbocycles. The molecule has 0 saturated carbocycles. The fraction of sp³-hybridized carbons (Fsp3) is 0.478. The van der Waals surface area contributed by atoms with Gasteiger partial charge in [-0.05, 0) is 50.8 Å². The average molecular weight is 427 g/mol. The summed E-state index contributed by atoms with van der Waals surface area (Å²) in [4.78, 5) is 38.5. The fourth-order valence-corrected chi connectivity index (χ4v) is 3.87. The number of nitrogens with zero attached hydrogens (tertiary/aromatic N) is 3. The van der Waals surface area contributed by atoms with E-state index < -0.39 is 5.97 Å². The van der Waals surface area contributed by atoms with Crippen LogP contribution in [0.3, 0.4) is 0 Å². The number of hydrogen-bond acceptors (Lipinski definition) is 5. The number of esters is 1. The topological polar surface area (TPSA) is 93.5 Å². The lowest BCUT2D eigenvalue weighted by atomic mass is 9.95. The molecule has 0 spiro atoms. The lowest BCUT2D eigenvalue weighted by molar-refractivity contribution is -0.152. The van der Waals surface area contributed by atoms with Gasteiger partial charge in [-0.25, -0.2) is 0 Å². The number of piperidine rings is 1. The van der Waals surface area contributed by atoms with Crippen molar-refractivity contribution in [1.29, 1.82) is 0 Å². The van der Waals surface area contributed by atoms with Gasteiger partial charge in [0, 0.05) is 43.9 Å². The number of aryl methyl sites for hydroxylation is 2. The third kappa shape index (κ3) is 5.93. The maximum absolute atomic E-state index is 12.4. The van der Waals surface area contributed by atoms with E-state index in [4.69, 9.17) is 4.74 Å². The molecule has 8 heteroatoms. The van der Waals surface area contributed by atoms with Gasteiger partial charge in [0.05, 0.1) is 5.69 Å². The molecule has 2 amide bonds. The summed E-state index contributed by atoms with van der Waals surface area (Å²) in [5.41, 5.74) is 3.75. The summed E-state index contributed by atoms with van der Waals surface area (Å²) in [6, 6.07) is 9.34. The van der Waals surface area contributed by atoms with Crippen molar-refractivity contribution >= 4 is 23.5 Å². The zero-order valence-corrected chi connectivity index (χ0v) is 18.4. The van der Waals surface area contributed by atoms with Crippen LogP contribution >= 0.6 is 0 Å². The minimum atomic E-state index is -0.395. The van der Waals surface area contributed by atoms with Gasteiger partial charge in [-0.2, -0.15) is 5.10 Å². The van der Waals surface area contributed by atoms with E-state index in [0.29, 0.717) is 32.4 Å². The van der Waals surface area contributed by atoms with E-state index >= 15 is 0 Å². The molecule has 0 aliphatic carbocycles. The maximum Gasteiger partial charge on any atom is 0.306 e. The second-order valence-corrected chi connectivity index (χ2v) is 7.94. The number of hydrogen-bond donors (Lipinski definition) is 1. The van der Waals surface area contributed by atoms with Crippen LogP contribution in [0.5, 0.6) is 0 Å². The van der Waals surface area contributed by atoms with Crippen LogP contribution in [0.1, 0.15) is 36.2 Å². The summed E-state index contributed by atoms with van der Waals surface area (Å²) in [7, 11) is 1.87. The van der Waals surface area contributed by atoms with Crippen molar-refractivity contribution in [1.82, 2.24) is 14.7 Å². The van der Waals surface area contributed by atoms with E-state index in [-0.39, 0.29) is 30.8 Å². The number of nitrogens with one attached hydrogen (secondary N) is 1. The Morgan fingerprint density at radius 1 is 1.13 bits per heavy atom. The summed E-state index contributed by atoms with van der Waals surface area (Å²) in [6.07, 6.45) is 1.94. The van der Waals surface area contributed by atoms with Crippen LogP contribution in [-0.4, -0.2) is 52.2 Å². The van der Waals surface area contributed by atoms with Gasteiger partial charge in [0.25, 0.3) is 5.91 Å². The molecule has 2 aromatic rings. The first kappa shape index (κ1) is 22.5. The number of likely N-dealkylation sites (tertiary alicyclic amines) is 1. The summed E-state index contributed by atoms with van der Waals surface area (Å²) in [6.45, 7) is 4.59. The van der Waals surface area contributed by atoms with Crippen LogP contribution in [-0.2, 0) is 32.6 Å². The standard InChI is InChI=1S/C23H30N4O4/c1-16-20(17(2)26(3)25-16)9-10-22(29)31-15-21(28)27-13-11-18(12-14-27)23(30)24-19-7-5-4-6-8-19/h4-8,18H,9-15H2,1-3H3,(H,24,30). The van der Waals surface area contributed by atoms with Crippen molar-refractivity contribution in [2.75, 3.05) is 25.0 Å². The number of para-hydroxylation sites is 1. The third-order valence-corrected chi connectivity index (χ3v) is 5.85. The van der Waals surface area contributed by atoms with Crippen molar-refractivity contribution in [3.63, 3.8) is 0 Å². The molecular formula is C23H30N4O4. The van der Waals surface area contributed by atoms with Crippen molar-refractivity contribution in [2.45, 2.75) is 39.5 Å². The van der Waals surface area contributed by atoms with Crippen LogP contribution < -0.4 is 5.32 Å². The summed E-state index contributed by atoms with van der Waals surface area (Å²) < 4.78 is 6.98. The van der Waals surface area contributed by atoms with Crippen LogP contribution in [0.15, 0.2) is 30.3 Å². The molecule has 1 aliphatic rings. The van der Waals surface area contributed by atoms with Crippen LogP contribution in [0.25, 0.3) is 0 Å². The normalized spacial score (nSPS) is 14.4. The number of carbonyl (C=O) groups is 3. The molecule has 166 valence electrons. The van der Waals surface area contributed by atoms with Gasteiger partial charge in [-0.1, -0.05) is 18.2 Å². The fourth-order valence-electron chi connectivity index (χ4n) is 3.87. The predicted molar refractivity (Wildman–Crippen MR) is 116 cm³/mol. The lowest BCUT2D eigenvalue weighted by Gasteiger charge is -2.31. The molecule has 31 heavy (non-hydrogen) atoms. The first-order chi connectivity index (χ1) is 14.8. The van der Waals surface area contributed by atoms with E-state index in [1.165, 1.54) is 0 Å². The van der Waals surface area contributed by atoms with Crippen molar-refractivity contribution in [3.05, 3.63) is 47.3 Å². The van der Waals surface area contributed by atoms with E-state index in [0.717, 1.165) is 22.6 Å². The third-order valence-electron chi connectivity index (χ3n) is 5.85. The Bertz CT molecular complexity index is 931. The van der Waals surface area contributed by atoms with Gasteiger partial charge in [0.2, 0.25) is 5.91 Å². The van der Waals surface area contributed by atoms with Crippen molar-refractivity contribution < 1.29 is 19.1 Å². The maximum atomic E-state index is 12.4. The smallest absolute Gasteiger partial charge is 0.306 e. The molecule has 1 saturated heterocycles. The highest BCUT2D eigenvalue weighted by atomic mass is 16.5. The Labute approximate surface area is 182 Å². The monoisotopic (exact) mass is 426 g/mol.